The highest BCUT2D eigenvalue weighted by molar-refractivity contribution is 7.92. The van der Waals surface area contributed by atoms with Crippen LogP contribution in [0.25, 0.3) is 0 Å². The van der Waals surface area contributed by atoms with Crippen LogP contribution in [0.5, 0.6) is 5.75 Å². The van der Waals surface area contributed by atoms with Gasteiger partial charge in [0.15, 0.2) is 0 Å². The molecule has 0 fully saturated rings. The molecule has 24 heavy (non-hydrogen) atoms. The van der Waals surface area contributed by atoms with Gasteiger partial charge in [0.05, 0.1) is 17.7 Å². The highest BCUT2D eigenvalue weighted by Gasteiger charge is 2.23. The first kappa shape index (κ1) is 17.8. The van der Waals surface area contributed by atoms with Crippen LogP contribution >= 0.6 is 0 Å². The van der Waals surface area contributed by atoms with E-state index in [0.29, 0.717) is 17.1 Å². The normalized spacial score (nSPS) is 11.0. The average Bonchev–Trinajstić information content (AvgIpc) is 2.54. The van der Waals surface area contributed by atoms with Crippen LogP contribution in [-0.4, -0.2) is 28.5 Å². The van der Waals surface area contributed by atoms with Crippen LogP contribution in [0.2, 0.25) is 0 Å². The summed E-state index contributed by atoms with van der Waals surface area (Å²) in [7, 11) is -0.769. The summed E-state index contributed by atoms with van der Waals surface area (Å²) in [6.07, 6.45) is 0. The molecule has 1 amide bonds. The molecule has 0 bridgehead atoms. The van der Waals surface area contributed by atoms with E-state index in [4.69, 9.17) is 4.74 Å². The predicted molar refractivity (Wildman–Crippen MR) is 94.1 cm³/mol. The molecule has 0 aliphatic rings. The zero-order valence-corrected chi connectivity index (χ0v) is 14.8. The van der Waals surface area contributed by atoms with Gasteiger partial charge in [-0.1, -0.05) is 6.07 Å². The van der Waals surface area contributed by atoms with Crippen molar-refractivity contribution in [1.29, 1.82) is 0 Å². The molecule has 0 radical (unpaired) electrons. The van der Waals surface area contributed by atoms with E-state index < -0.39 is 10.0 Å². The number of hydrogen-bond acceptors (Lipinski definition) is 4. The number of sulfonamides is 1. The molecule has 0 unspecified atom stereocenters. The summed E-state index contributed by atoms with van der Waals surface area (Å²) in [6, 6.07) is 11.4. The van der Waals surface area contributed by atoms with Gasteiger partial charge in [0.2, 0.25) is 5.91 Å². The molecule has 2 rings (SSSR count). The zero-order chi connectivity index (χ0) is 17.9. The average molecular weight is 348 g/mol. The summed E-state index contributed by atoms with van der Waals surface area (Å²) in [4.78, 5) is 11.2. The first-order valence-corrected chi connectivity index (χ1v) is 8.71. The highest BCUT2D eigenvalue weighted by atomic mass is 32.2. The van der Waals surface area contributed by atoms with Crippen molar-refractivity contribution < 1.29 is 17.9 Å². The van der Waals surface area contributed by atoms with Gasteiger partial charge in [0, 0.05) is 19.7 Å². The number of carbonyl (C=O) groups is 1. The number of carbonyl (C=O) groups excluding carboxylic acids is 1. The van der Waals surface area contributed by atoms with E-state index in [2.05, 4.69) is 5.32 Å². The molecule has 0 aliphatic heterocycles. The van der Waals surface area contributed by atoms with Crippen molar-refractivity contribution in [3.05, 3.63) is 48.0 Å². The molecule has 0 heterocycles. The van der Waals surface area contributed by atoms with Crippen LogP contribution in [0.1, 0.15) is 12.5 Å². The quantitative estimate of drug-likeness (QED) is 0.901. The monoisotopic (exact) mass is 348 g/mol. The van der Waals surface area contributed by atoms with E-state index in [9.17, 15) is 13.2 Å². The van der Waals surface area contributed by atoms with Crippen LogP contribution < -0.4 is 14.4 Å². The van der Waals surface area contributed by atoms with Crippen molar-refractivity contribution >= 4 is 27.3 Å². The molecule has 0 saturated heterocycles. The van der Waals surface area contributed by atoms with Gasteiger partial charge in [-0.15, -0.1) is 0 Å². The van der Waals surface area contributed by atoms with E-state index in [0.717, 1.165) is 5.56 Å². The van der Waals surface area contributed by atoms with Crippen molar-refractivity contribution in [2.24, 2.45) is 0 Å². The Labute approximate surface area is 142 Å². The first-order valence-electron chi connectivity index (χ1n) is 7.27. The van der Waals surface area contributed by atoms with E-state index in [-0.39, 0.29) is 10.8 Å². The number of methoxy groups -OCH3 is 1. The predicted octanol–water partition coefficient (Wildman–Crippen LogP) is 2.79. The van der Waals surface area contributed by atoms with Crippen molar-refractivity contribution in [2.75, 3.05) is 23.8 Å². The Morgan fingerprint density at radius 1 is 1.12 bits per heavy atom. The van der Waals surface area contributed by atoms with Crippen molar-refractivity contribution in [1.82, 2.24) is 0 Å². The number of benzene rings is 2. The molecule has 0 atom stereocenters. The topological polar surface area (TPSA) is 75.7 Å². The fourth-order valence-electron chi connectivity index (χ4n) is 2.25. The van der Waals surface area contributed by atoms with Gasteiger partial charge in [-0.2, -0.15) is 0 Å². The van der Waals surface area contributed by atoms with Gasteiger partial charge in [0.25, 0.3) is 10.0 Å². The van der Waals surface area contributed by atoms with Gasteiger partial charge in [-0.05, 0) is 48.9 Å². The molecule has 0 aliphatic carbocycles. The van der Waals surface area contributed by atoms with Crippen LogP contribution in [0, 0.1) is 6.92 Å². The molecule has 2 aromatic carbocycles. The summed E-state index contributed by atoms with van der Waals surface area (Å²) >= 11 is 0. The molecule has 6 nitrogen and oxygen atoms in total. The second-order valence-electron chi connectivity index (χ2n) is 5.35. The maximum absolute atomic E-state index is 12.8. The number of anilines is 2. The number of amides is 1. The molecule has 7 heteroatoms. The summed E-state index contributed by atoms with van der Waals surface area (Å²) in [5.41, 5.74) is 1.93. The molecular formula is C17H20N2O4S. The lowest BCUT2D eigenvalue weighted by Gasteiger charge is -2.22. The summed E-state index contributed by atoms with van der Waals surface area (Å²) in [6.45, 7) is 3.27. The smallest absolute Gasteiger partial charge is 0.264 e. The molecule has 128 valence electrons. The number of nitrogens with zero attached hydrogens (tertiary/aromatic N) is 1. The Kier molecular flexibility index (Phi) is 5.14. The van der Waals surface area contributed by atoms with Crippen LogP contribution in [0.4, 0.5) is 11.4 Å². The van der Waals surface area contributed by atoms with E-state index >= 15 is 0 Å². The molecular weight excluding hydrogens is 328 g/mol. The molecule has 0 saturated carbocycles. The minimum atomic E-state index is -3.75. The Bertz CT molecular complexity index is 845. The lowest BCUT2D eigenvalue weighted by molar-refractivity contribution is -0.114. The van der Waals surface area contributed by atoms with Crippen LogP contribution in [0.3, 0.4) is 0 Å². The molecule has 0 aromatic heterocycles. The SMILES string of the molecule is COc1ccc(C)cc1N(C)S(=O)(=O)c1ccc(NC(C)=O)cc1. The first-order chi connectivity index (χ1) is 11.3. The van der Waals surface area contributed by atoms with Gasteiger partial charge < -0.3 is 10.1 Å². The number of nitrogens with one attached hydrogen (secondary N) is 1. The van der Waals surface area contributed by atoms with Gasteiger partial charge in [0.1, 0.15) is 5.75 Å². The Hall–Kier alpha value is -2.54. The minimum absolute atomic E-state index is 0.127. The van der Waals surface area contributed by atoms with Gasteiger partial charge in [-0.3, -0.25) is 9.10 Å². The van der Waals surface area contributed by atoms with E-state index in [1.807, 2.05) is 13.0 Å². The summed E-state index contributed by atoms with van der Waals surface area (Å²) in [5, 5.41) is 2.60. The van der Waals surface area contributed by atoms with Gasteiger partial charge >= 0.3 is 0 Å². The third-order valence-electron chi connectivity index (χ3n) is 3.51. The zero-order valence-electron chi connectivity index (χ0n) is 14.0. The molecule has 2 aromatic rings. The van der Waals surface area contributed by atoms with Gasteiger partial charge in [-0.25, -0.2) is 8.42 Å². The highest BCUT2D eigenvalue weighted by Crippen LogP contribution is 2.32. The maximum Gasteiger partial charge on any atom is 0.264 e. The Morgan fingerprint density at radius 3 is 2.29 bits per heavy atom. The standard InChI is InChI=1S/C17H20N2O4S/c1-12-5-10-17(23-4)16(11-12)19(3)24(21,22)15-8-6-14(7-9-15)18-13(2)20/h5-11H,1-4H3,(H,18,20). The Morgan fingerprint density at radius 2 is 1.75 bits per heavy atom. The fourth-order valence-corrected chi connectivity index (χ4v) is 3.45. The third-order valence-corrected chi connectivity index (χ3v) is 5.29. The number of aryl methyl sites for hydroxylation is 1. The fraction of sp³-hybridized carbons (Fsp3) is 0.235. The maximum atomic E-state index is 12.8. The van der Waals surface area contributed by atoms with Crippen LogP contribution in [0.15, 0.2) is 47.4 Å². The van der Waals surface area contributed by atoms with Crippen molar-refractivity contribution in [3.63, 3.8) is 0 Å². The Balaban J connectivity index is 2.39. The number of ether oxygens (including phenoxy) is 1. The van der Waals surface area contributed by atoms with Crippen molar-refractivity contribution in [3.8, 4) is 5.75 Å². The van der Waals surface area contributed by atoms with Crippen molar-refractivity contribution in [2.45, 2.75) is 18.7 Å². The second kappa shape index (κ2) is 6.92. The lowest BCUT2D eigenvalue weighted by Crippen LogP contribution is -2.27. The lowest BCUT2D eigenvalue weighted by atomic mass is 10.2. The molecule has 1 N–H and O–H groups in total. The largest absolute Gasteiger partial charge is 0.495 e. The summed E-state index contributed by atoms with van der Waals surface area (Å²) in [5.74, 6) is 0.258. The van der Waals surface area contributed by atoms with E-state index in [1.54, 1.807) is 24.3 Å². The molecule has 0 spiro atoms. The summed E-state index contributed by atoms with van der Waals surface area (Å²) < 4.78 is 32.1. The third kappa shape index (κ3) is 3.68. The minimum Gasteiger partial charge on any atom is -0.495 e. The number of hydrogen-bond donors (Lipinski definition) is 1. The van der Waals surface area contributed by atoms with E-state index in [1.165, 1.54) is 37.5 Å². The van der Waals surface area contributed by atoms with Crippen LogP contribution in [-0.2, 0) is 14.8 Å². The second-order valence-corrected chi connectivity index (χ2v) is 7.32. The number of rotatable bonds is 5.